The molecule has 132 valence electrons. The van der Waals surface area contributed by atoms with Crippen molar-refractivity contribution in [2.24, 2.45) is 5.73 Å². The number of nitrogens with two attached hydrogens (primary N) is 1. The zero-order valence-corrected chi connectivity index (χ0v) is 13.2. The van der Waals surface area contributed by atoms with E-state index in [2.05, 4.69) is 5.32 Å². The van der Waals surface area contributed by atoms with Gasteiger partial charge in [-0.25, -0.2) is 8.78 Å². The van der Waals surface area contributed by atoms with E-state index in [1.165, 1.54) is 11.0 Å². The molecule has 2 amide bonds. The van der Waals surface area contributed by atoms with Gasteiger partial charge in [0.1, 0.15) is 0 Å². The lowest BCUT2D eigenvalue weighted by Gasteiger charge is -2.38. The van der Waals surface area contributed by atoms with Crippen LogP contribution in [-0.4, -0.2) is 47.1 Å². The number of hydrogen-bond acceptors (Lipinski definition) is 4. The van der Waals surface area contributed by atoms with Gasteiger partial charge in [-0.3, -0.25) is 9.59 Å². The predicted octanol–water partition coefficient (Wildman–Crippen LogP) is 0.283. The molecule has 1 aliphatic rings. The van der Waals surface area contributed by atoms with E-state index in [0.717, 1.165) is 12.1 Å². The molecule has 1 saturated heterocycles. The Morgan fingerprint density at radius 3 is 2.79 bits per heavy atom. The average molecular weight is 341 g/mol. The Balaban J connectivity index is 1.97. The second-order valence-electron chi connectivity index (χ2n) is 6.00. The van der Waals surface area contributed by atoms with E-state index in [-0.39, 0.29) is 26.1 Å². The van der Waals surface area contributed by atoms with Gasteiger partial charge >= 0.3 is 0 Å². The highest BCUT2D eigenvalue weighted by molar-refractivity contribution is 5.86. The van der Waals surface area contributed by atoms with Crippen LogP contribution >= 0.6 is 0 Å². The lowest BCUT2D eigenvalue weighted by atomic mass is 9.91. The van der Waals surface area contributed by atoms with Crippen LogP contribution in [0.1, 0.15) is 24.8 Å². The van der Waals surface area contributed by atoms with E-state index < -0.39 is 29.0 Å². The number of hydrogen-bond donors (Lipinski definition) is 3. The molecule has 6 nitrogen and oxygen atoms in total. The molecule has 1 aliphatic heterocycles. The topological polar surface area (TPSA) is 95.7 Å². The number of carbonyl (C=O) groups is 2. The summed E-state index contributed by atoms with van der Waals surface area (Å²) in [5, 5.41) is 13.4. The van der Waals surface area contributed by atoms with Gasteiger partial charge in [0.05, 0.1) is 0 Å². The van der Waals surface area contributed by atoms with Crippen LogP contribution in [-0.2, 0) is 16.1 Å². The zero-order chi connectivity index (χ0) is 17.7. The number of benzene rings is 1. The quantitative estimate of drug-likeness (QED) is 0.621. The number of amides is 2. The van der Waals surface area contributed by atoms with Gasteiger partial charge in [-0.2, -0.15) is 0 Å². The lowest BCUT2D eigenvalue weighted by Crippen LogP contribution is -2.57. The third-order valence-electron chi connectivity index (χ3n) is 4.03. The Kier molecular flexibility index (Phi) is 5.84. The standard InChI is InChI=1S/C16H21F2N3O3/c17-12-3-2-11(8-13(12)18)9-21-7-1-5-16(24,15(21)23)10-20-6-4-14(19)22/h2-3,8,20,24H,1,4-7,9-10H2,(H2,19,22)/t16-/m0/s1. The SMILES string of the molecule is NC(=O)CCNC[C@@]1(O)CCCN(Cc2ccc(F)c(F)c2)C1=O. The van der Waals surface area contributed by atoms with Crippen molar-refractivity contribution >= 4 is 11.8 Å². The molecule has 1 aromatic carbocycles. The Morgan fingerprint density at radius 1 is 1.38 bits per heavy atom. The van der Waals surface area contributed by atoms with Gasteiger partial charge in [-0.15, -0.1) is 0 Å². The summed E-state index contributed by atoms with van der Waals surface area (Å²) in [6.45, 7) is 0.808. The number of nitrogens with one attached hydrogen (secondary N) is 1. The van der Waals surface area contributed by atoms with Crippen molar-refractivity contribution in [3.05, 3.63) is 35.4 Å². The highest BCUT2D eigenvalue weighted by Gasteiger charge is 2.41. The predicted molar refractivity (Wildman–Crippen MR) is 82.6 cm³/mol. The van der Waals surface area contributed by atoms with Crippen LogP contribution in [0, 0.1) is 11.6 Å². The first-order valence-corrected chi connectivity index (χ1v) is 7.76. The maximum absolute atomic E-state index is 13.3. The maximum Gasteiger partial charge on any atom is 0.256 e. The minimum absolute atomic E-state index is 0.00733. The lowest BCUT2D eigenvalue weighted by molar-refractivity contribution is -0.157. The summed E-state index contributed by atoms with van der Waals surface area (Å²) >= 11 is 0. The fourth-order valence-corrected chi connectivity index (χ4v) is 2.75. The number of primary amides is 1. The minimum atomic E-state index is -1.57. The molecule has 0 radical (unpaired) electrons. The molecule has 1 fully saturated rings. The van der Waals surface area contributed by atoms with Gasteiger partial charge in [0.15, 0.2) is 17.2 Å². The van der Waals surface area contributed by atoms with Crippen molar-refractivity contribution in [1.29, 1.82) is 0 Å². The Hall–Kier alpha value is -2.06. The van der Waals surface area contributed by atoms with E-state index in [0.29, 0.717) is 24.9 Å². The molecular weight excluding hydrogens is 320 g/mol. The molecule has 24 heavy (non-hydrogen) atoms. The Bertz CT molecular complexity index is 627. The zero-order valence-electron chi connectivity index (χ0n) is 13.2. The molecule has 0 unspecified atom stereocenters. The van der Waals surface area contributed by atoms with Crippen molar-refractivity contribution in [2.75, 3.05) is 19.6 Å². The van der Waals surface area contributed by atoms with Crippen molar-refractivity contribution in [2.45, 2.75) is 31.4 Å². The summed E-state index contributed by atoms with van der Waals surface area (Å²) in [5.74, 6) is -2.85. The van der Waals surface area contributed by atoms with Crippen LogP contribution in [0.25, 0.3) is 0 Å². The van der Waals surface area contributed by atoms with E-state index in [9.17, 15) is 23.5 Å². The average Bonchev–Trinajstić information content (AvgIpc) is 2.52. The van der Waals surface area contributed by atoms with Gasteiger partial charge < -0.3 is 21.1 Å². The van der Waals surface area contributed by atoms with E-state index >= 15 is 0 Å². The van der Waals surface area contributed by atoms with E-state index in [1.807, 2.05) is 0 Å². The minimum Gasteiger partial charge on any atom is -0.379 e. The molecule has 1 aromatic rings. The van der Waals surface area contributed by atoms with Crippen LogP contribution < -0.4 is 11.1 Å². The van der Waals surface area contributed by atoms with Crippen LogP contribution in [0.2, 0.25) is 0 Å². The van der Waals surface area contributed by atoms with Crippen molar-refractivity contribution in [1.82, 2.24) is 10.2 Å². The molecule has 0 spiro atoms. The second-order valence-corrected chi connectivity index (χ2v) is 6.00. The number of nitrogens with zero attached hydrogens (tertiary/aromatic N) is 1. The van der Waals surface area contributed by atoms with E-state index in [1.54, 1.807) is 0 Å². The van der Waals surface area contributed by atoms with Gasteiger partial charge in [0.25, 0.3) is 5.91 Å². The van der Waals surface area contributed by atoms with Crippen LogP contribution in [0.5, 0.6) is 0 Å². The van der Waals surface area contributed by atoms with Crippen LogP contribution in [0.3, 0.4) is 0 Å². The van der Waals surface area contributed by atoms with E-state index in [4.69, 9.17) is 5.73 Å². The third-order valence-corrected chi connectivity index (χ3v) is 4.03. The monoisotopic (exact) mass is 341 g/mol. The number of halogens is 2. The molecule has 0 aliphatic carbocycles. The number of carbonyl (C=O) groups excluding carboxylic acids is 2. The summed E-state index contributed by atoms with van der Waals surface area (Å²) < 4.78 is 26.2. The Morgan fingerprint density at radius 2 is 2.12 bits per heavy atom. The number of rotatable bonds is 7. The van der Waals surface area contributed by atoms with Crippen molar-refractivity contribution in [3.8, 4) is 0 Å². The summed E-state index contributed by atoms with van der Waals surface area (Å²) in [6.07, 6.45) is 0.996. The molecule has 0 saturated carbocycles. The molecule has 4 N–H and O–H groups in total. The van der Waals surface area contributed by atoms with Gasteiger partial charge in [0.2, 0.25) is 5.91 Å². The van der Waals surface area contributed by atoms with Crippen molar-refractivity contribution in [3.63, 3.8) is 0 Å². The summed E-state index contributed by atoms with van der Waals surface area (Å²) in [4.78, 5) is 24.6. The number of aliphatic hydroxyl groups is 1. The fourth-order valence-electron chi connectivity index (χ4n) is 2.75. The fraction of sp³-hybridized carbons (Fsp3) is 0.500. The first-order valence-electron chi connectivity index (χ1n) is 7.76. The number of likely N-dealkylation sites (tertiary alicyclic amines) is 1. The van der Waals surface area contributed by atoms with Gasteiger partial charge in [0, 0.05) is 32.6 Å². The second kappa shape index (κ2) is 7.67. The number of piperidine rings is 1. The molecular formula is C16H21F2N3O3. The van der Waals surface area contributed by atoms with Crippen molar-refractivity contribution < 1.29 is 23.5 Å². The molecule has 0 bridgehead atoms. The summed E-state index contributed by atoms with van der Waals surface area (Å²) in [7, 11) is 0. The Labute approximate surface area is 138 Å². The van der Waals surface area contributed by atoms with Gasteiger partial charge in [-0.1, -0.05) is 6.07 Å². The summed E-state index contributed by atoms with van der Waals surface area (Å²) in [6, 6.07) is 3.46. The molecule has 0 aromatic heterocycles. The highest BCUT2D eigenvalue weighted by Crippen LogP contribution is 2.24. The first-order chi connectivity index (χ1) is 11.3. The molecule has 8 heteroatoms. The molecule has 2 rings (SSSR count). The molecule has 1 heterocycles. The first kappa shape index (κ1) is 18.3. The van der Waals surface area contributed by atoms with Gasteiger partial charge in [-0.05, 0) is 30.5 Å². The molecule has 1 atom stereocenters. The van der Waals surface area contributed by atoms with Crippen LogP contribution in [0.15, 0.2) is 18.2 Å². The van der Waals surface area contributed by atoms with Crippen LogP contribution in [0.4, 0.5) is 8.78 Å². The normalized spacial score (nSPS) is 21.1. The largest absolute Gasteiger partial charge is 0.379 e. The highest BCUT2D eigenvalue weighted by atomic mass is 19.2. The smallest absolute Gasteiger partial charge is 0.256 e. The third kappa shape index (κ3) is 4.48. The summed E-state index contributed by atoms with van der Waals surface area (Å²) in [5.41, 5.74) is 3.91. The maximum atomic E-state index is 13.3.